The molecule has 0 atom stereocenters. The first kappa shape index (κ1) is 20.8. The van der Waals surface area contributed by atoms with Crippen molar-refractivity contribution in [3.63, 3.8) is 0 Å². The topological polar surface area (TPSA) is 63.5 Å². The lowest BCUT2D eigenvalue weighted by Crippen LogP contribution is -2.37. The van der Waals surface area contributed by atoms with E-state index in [0.717, 1.165) is 56.4 Å². The predicted molar refractivity (Wildman–Crippen MR) is 111 cm³/mol. The van der Waals surface area contributed by atoms with Gasteiger partial charge in [0.25, 0.3) is 0 Å². The van der Waals surface area contributed by atoms with Gasteiger partial charge < -0.3 is 15.4 Å². The molecule has 148 valence electrons. The minimum atomic E-state index is 0.710. The van der Waals surface area contributed by atoms with E-state index in [1.807, 2.05) is 19.1 Å². The maximum atomic E-state index is 5.77. The highest BCUT2D eigenvalue weighted by Gasteiger charge is 2.02. The molecule has 2 rings (SSSR count). The molecule has 1 aromatic carbocycles. The molecule has 0 aliphatic rings. The Morgan fingerprint density at radius 1 is 1.19 bits per heavy atom. The van der Waals surface area contributed by atoms with Crippen molar-refractivity contribution in [2.45, 2.75) is 53.1 Å². The monoisotopic (exact) mass is 371 g/mol. The summed E-state index contributed by atoms with van der Waals surface area (Å²) in [5.74, 6) is 1.73. The Balaban J connectivity index is 1.72. The Morgan fingerprint density at radius 3 is 2.74 bits per heavy atom. The van der Waals surface area contributed by atoms with Crippen molar-refractivity contribution in [2.24, 2.45) is 4.99 Å². The summed E-state index contributed by atoms with van der Waals surface area (Å²) in [6.07, 6.45) is 3.21. The van der Waals surface area contributed by atoms with Gasteiger partial charge in [-0.2, -0.15) is 5.10 Å². The third-order valence-corrected chi connectivity index (χ3v) is 4.29. The average Bonchev–Trinajstić information content (AvgIpc) is 2.99. The summed E-state index contributed by atoms with van der Waals surface area (Å²) in [7, 11) is 1.79. The molecule has 1 aromatic heterocycles. The van der Waals surface area contributed by atoms with Gasteiger partial charge in [0.05, 0.1) is 12.3 Å². The van der Waals surface area contributed by atoms with Crippen molar-refractivity contribution in [3.05, 3.63) is 47.3 Å². The summed E-state index contributed by atoms with van der Waals surface area (Å²) in [6.45, 7) is 9.51. The highest BCUT2D eigenvalue weighted by molar-refractivity contribution is 5.79. The van der Waals surface area contributed by atoms with Gasteiger partial charge in [0.15, 0.2) is 5.96 Å². The summed E-state index contributed by atoms with van der Waals surface area (Å²) < 4.78 is 7.82. The molecule has 0 unspecified atom stereocenters. The van der Waals surface area contributed by atoms with Crippen LogP contribution in [0.4, 0.5) is 0 Å². The van der Waals surface area contributed by atoms with Crippen molar-refractivity contribution in [1.29, 1.82) is 0 Å². The quantitative estimate of drug-likeness (QED) is 0.381. The molecule has 0 radical (unpaired) electrons. The van der Waals surface area contributed by atoms with Gasteiger partial charge in [-0.15, -0.1) is 0 Å². The maximum Gasteiger partial charge on any atom is 0.191 e. The molecule has 0 aliphatic heterocycles. The molecule has 0 aliphatic carbocycles. The van der Waals surface area contributed by atoms with Crippen LogP contribution in [0.15, 0.2) is 35.3 Å². The molecular weight excluding hydrogens is 338 g/mol. The van der Waals surface area contributed by atoms with Crippen molar-refractivity contribution in [3.8, 4) is 5.75 Å². The summed E-state index contributed by atoms with van der Waals surface area (Å²) in [4.78, 5) is 4.29. The fraction of sp³-hybridized carbons (Fsp3) is 0.524. The molecular formula is C21H33N5O. The number of aliphatic imine (C=N–C) groups is 1. The minimum absolute atomic E-state index is 0.710. The third-order valence-electron chi connectivity index (χ3n) is 4.29. The van der Waals surface area contributed by atoms with Crippen molar-refractivity contribution in [1.82, 2.24) is 20.4 Å². The van der Waals surface area contributed by atoms with Crippen LogP contribution in [-0.4, -0.2) is 35.9 Å². The Kier molecular flexibility index (Phi) is 8.68. The van der Waals surface area contributed by atoms with Gasteiger partial charge in [-0.05, 0) is 50.5 Å². The zero-order valence-electron chi connectivity index (χ0n) is 17.1. The van der Waals surface area contributed by atoms with Gasteiger partial charge >= 0.3 is 0 Å². The summed E-state index contributed by atoms with van der Waals surface area (Å²) in [6, 6.07) is 10.3. The molecule has 0 saturated heterocycles. The standard InChI is InChI=1S/C21H33N5O/c1-5-6-13-27-20-10-7-9-19(15-20)16-24-21(22-4)23-11-8-12-26-18(3)14-17(2)25-26/h7,9-10,14-15H,5-6,8,11-13,16H2,1-4H3,(H2,22,23,24). The van der Waals surface area contributed by atoms with Gasteiger partial charge in [-0.1, -0.05) is 25.5 Å². The fourth-order valence-electron chi connectivity index (χ4n) is 2.82. The Bertz CT molecular complexity index is 723. The lowest BCUT2D eigenvalue weighted by atomic mass is 10.2. The molecule has 2 aromatic rings. The number of benzene rings is 1. The molecule has 0 saturated carbocycles. The number of guanidine groups is 1. The van der Waals surface area contributed by atoms with Crippen LogP contribution in [-0.2, 0) is 13.1 Å². The van der Waals surface area contributed by atoms with Crippen LogP contribution in [0, 0.1) is 13.8 Å². The molecule has 0 fully saturated rings. The number of aryl methyl sites for hydroxylation is 3. The molecule has 6 nitrogen and oxygen atoms in total. The van der Waals surface area contributed by atoms with Crippen LogP contribution in [0.1, 0.15) is 43.1 Å². The molecule has 0 spiro atoms. The Morgan fingerprint density at radius 2 is 2.04 bits per heavy atom. The van der Waals surface area contributed by atoms with E-state index >= 15 is 0 Å². The predicted octanol–water partition coefficient (Wildman–Crippen LogP) is 3.43. The number of hydrogen-bond acceptors (Lipinski definition) is 3. The van der Waals surface area contributed by atoms with E-state index in [0.29, 0.717) is 6.54 Å². The number of ether oxygens (including phenoxy) is 1. The van der Waals surface area contributed by atoms with Crippen molar-refractivity contribution < 1.29 is 4.74 Å². The number of nitrogens with zero attached hydrogens (tertiary/aromatic N) is 3. The van der Waals surface area contributed by atoms with Crippen LogP contribution in [0.3, 0.4) is 0 Å². The smallest absolute Gasteiger partial charge is 0.191 e. The second-order valence-corrected chi connectivity index (χ2v) is 6.71. The second kappa shape index (κ2) is 11.3. The largest absolute Gasteiger partial charge is 0.494 e. The fourth-order valence-corrected chi connectivity index (χ4v) is 2.82. The van der Waals surface area contributed by atoms with E-state index in [1.54, 1.807) is 7.05 Å². The summed E-state index contributed by atoms with van der Waals surface area (Å²) in [5.41, 5.74) is 3.45. The van der Waals surface area contributed by atoms with Crippen LogP contribution >= 0.6 is 0 Å². The highest BCUT2D eigenvalue weighted by Crippen LogP contribution is 2.13. The molecule has 6 heteroatoms. The van der Waals surface area contributed by atoms with Gasteiger partial charge in [-0.25, -0.2) is 0 Å². The number of rotatable bonds is 10. The van der Waals surface area contributed by atoms with E-state index in [-0.39, 0.29) is 0 Å². The molecule has 27 heavy (non-hydrogen) atoms. The molecule has 2 N–H and O–H groups in total. The van der Waals surface area contributed by atoms with Gasteiger partial charge in [0.1, 0.15) is 5.75 Å². The molecule has 1 heterocycles. The average molecular weight is 372 g/mol. The summed E-state index contributed by atoms with van der Waals surface area (Å²) >= 11 is 0. The highest BCUT2D eigenvalue weighted by atomic mass is 16.5. The SMILES string of the molecule is CCCCOc1cccc(CNC(=NC)NCCCn2nc(C)cc2C)c1. The van der Waals surface area contributed by atoms with Gasteiger partial charge in [0, 0.05) is 32.4 Å². The number of hydrogen-bond donors (Lipinski definition) is 2. The lowest BCUT2D eigenvalue weighted by molar-refractivity contribution is 0.309. The minimum Gasteiger partial charge on any atom is -0.494 e. The van der Waals surface area contributed by atoms with Crippen LogP contribution < -0.4 is 15.4 Å². The first-order valence-corrected chi connectivity index (χ1v) is 9.79. The van der Waals surface area contributed by atoms with Crippen LogP contribution in [0.2, 0.25) is 0 Å². The van der Waals surface area contributed by atoms with Crippen molar-refractivity contribution in [2.75, 3.05) is 20.2 Å². The zero-order chi connectivity index (χ0) is 19.5. The summed E-state index contributed by atoms with van der Waals surface area (Å²) in [5, 5.41) is 11.2. The third kappa shape index (κ3) is 7.33. The normalized spacial score (nSPS) is 11.5. The van der Waals surface area contributed by atoms with Crippen LogP contribution in [0.5, 0.6) is 5.75 Å². The van der Waals surface area contributed by atoms with E-state index in [9.17, 15) is 0 Å². The van der Waals surface area contributed by atoms with Gasteiger partial charge in [-0.3, -0.25) is 9.67 Å². The maximum absolute atomic E-state index is 5.77. The van der Waals surface area contributed by atoms with E-state index in [2.05, 4.69) is 57.5 Å². The Hall–Kier alpha value is -2.50. The number of unbranched alkanes of at least 4 members (excludes halogenated alkanes) is 1. The van der Waals surface area contributed by atoms with E-state index in [1.165, 1.54) is 11.3 Å². The number of aromatic nitrogens is 2. The number of nitrogens with one attached hydrogen (secondary N) is 2. The lowest BCUT2D eigenvalue weighted by Gasteiger charge is -2.13. The molecule has 0 bridgehead atoms. The Labute approximate surface area is 163 Å². The van der Waals surface area contributed by atoms with Gasteiger partial charge in [0.2, 0.25) is 0 Å². The second-order valence-electron chi connectivity index (χ2n) is 6.71. The van der Waals surface area contributed by atoms with E-state index in [4.69, 9.17) is 4.74 Å². The zero-order valence-corrected chi connectivity index (χ0v) is 17.1. The van der Waals surface area contributed by atoms with E-state index < -0.39 is 0 Å². The first-order valence-electron chi connectivity index (χ1n) is 9.79. The van der Waals surface area contributed by atoms with Crippen LogP contribution in [0.25, 0.3) is 0 Å². The molecule has 0 amide bonds. The first-order chi connectivity index (χ1) is 13.1. The van der Waals surface area contributed by atoms with Crippen molar-refractivity contribution >= 4 is 5.96 Å².